The Morgan fingerprint density at radius 3 is 2.54 bits per heavy atom. The van der Waals surface area contributed by atoms with E-state index in [0.717, 1.165) is 5.57 Å². The van der Waals surface area contributed by atoms with Crippen molar-refractivity contribution in [2.75, 3.05) is 20.7 Å². The minimum atomic E-state index is -0.291. The first-order chi connectivity index (χ1) is 5.91. The second kappa shape index (κ2) is 3.50. The van der Waals surface area contributed by atoms with Crippen LogP contribution in [0.4, 0.5) is 0 Å². The van der Waals surface area contributed by atoms with E-state index in [-0.39, 0.29) is 11.4 Å². The van der Waals surface area contributed by atoms with Gasteiger partial charge in [-0.05, 0) is 13.8 Å². The van der Waals surface area contributed by atoms with E-state index in [9.17, 15) is 4.79 Å². The molecule has 0 aliphatic carbocycles. The Balaban J connectivity index is 2.70. The molecule has 3 heteroatoms. The lowest BCUT2D eigenvalue weighted by atomic mass is 9.94. The summed E-state index contributed by atoms with van der Waals surface area (Å²) in [6.07, 6.45) is 2.31. The Bertz CT molecular complexity index is 241. The minimum Gasteiger partial charge on any atom is -0.383 e. The van der Waals surface area contributed by atoms with Crippen molar-refractivity contribution in [3.05, 3.63) is 11.8 Å². The van der Waals surface area contributed by atoms with Crippen molar-refractivity contribution < 1.29 is 9.53 Å². The Morgan fingerprint density at radius 1 is 1.46 bits per heavy atom. The maximum Gasteiger partial charge on any atom is 0.165 e. The lowest BCUT2D eigenvalue weighted by Gasteiger charge is -2.30. The molecule has 0 spiro atoms. The van der Waals surface area contributed by atoms with Crippen LogP contribution in [-0.4, -0.2) is 37.0 Å². The second-order valence-corrected chi connectivity index (χ2v) is 4.27. The van der Waals surface area contributed by atoms with E-state index >= 15 is 0 Å². The molecule has 1 aliphatic rings. The molecule has 0 bridgehead atoms. The summed E-state index contributed by atoms with van der Waals surface area (Å²) < 4.78 is 5.53. The zero-order valence-electron chi connectivity index (χ0n) is 8.76. The van der Waals surface area contributed by atoms with Gasteiger partial charge in [0.1, 0.15) is 0 Å². The topological polar surface area (TPSA) is 29.5 Å². The zero-order valence-corrected chi connectivity index (χ0v) is 8.76. The molecule has 0 amide bonds. The third-order valence-corrected chi connectivity index (χ3v) is 1.98. The Hall–Kier alpha value is -0.830. The van der Waals surface area contributed by atoms with Crippen LogP contribution in [0.15, 0.2) is 11.8 Å². The van der Waals surface area contributed by atoms with Gasteiger partial charge < -0.3 is 9.64 Å². The summed E-state index contributed by atoms with van der Waals surface area (Å²) in [6.45, 7) is 4.32. The number of rotatable bonds is 1. The molecule has 74 valence electrons. The number of hydrogen-bond acceptors (Lipinski definition) is 3. The predicted molar refractivity (Wildman–Crippen MR) is 51.4 cm³/mol. The fraction of sp³-hybridized carbons (Fsp3) is 0.700. The SMILES string of the molecule is CN(C)/C=C1/COC(C)(C)CC1=O. The summed E-state index contributed by atoms with van der Waals surface area (Å²) in [6, 6.07) is 0. The van der Waals surface area contributed by atoms with Crippen LogP contribution in [0.5, 0.6) is 0 Å². The van der Waals surface area contributed by atoms with E-state index in [4.69, 9.17) is 4.74 Å². The highest BCUT2D eigenvalue weighted by Crippen LogP contribution is 2.24. The van der Waals surface area contributed by atoms with Crippen molar-refractivity contribution in [3.63, 3.8) is 0 Å². The van der Waals surface area contributed by atoms with Crippen molar-refractivity contribution >= 4 is 5.78 Å². The number of carbonyl (C=O) groups excluding carboxylic acids is 1. The maximum atomic E-state index is 11.6. The Morgan fingerprint density at radius 2 is 2.08 bits per heavy atom. The summed E-state index contributed by atoms with van der Waals surface area (Å²) in [5.41, 5.74) is 0.477. The number of Topliss-reactive ketones (excluding diaryl/α,β-unsaturated/α-hetero) is 1. The standard InChI is InChI=1S/C10H17NO2/c1-10(2)5-9(12)8(7-13-10)6-11(3)4/h6H,5,7H2,1-4H3/b8-6-. The van der Waals surface area contributed by atoms with Crippen LogP contribution in [0.3, 0.4) is 0 Å². The number of ether oxygens (including phenoxy) is 1. The fourth-order valence-electron chi connectivity index (χ4n) is 1.33. The van der Waals surface area contributed by atoms with Crippen LogP contribution in [0.2, 0.25) is 0 Å². The number of hydrogen-bond donors (Lipinski definition) is 0. The van der Waals surface area contributed by atoms with Gasteiger partial charge in [0.2, 0.25) is 0 Å². The highest BCUT2D eigenvalue weighted by atomic mass is 16.5. The number of ketones is 1. The van der Waals surface area contributed by atoms with E-state index in [1.165, 1.54) is 0 Å². The quantitative estimate of drug-likeness (QED) is 0.572. The van der Waals surface area contributed by atoms with Gasteiger partial charge in [-0.25, -0.2) is 0 Å². The average molecular weight is 183 g/mol. The fourth-order valence-corrected chi connectivity index (χ4v) is 1.33. The van der Waals surface area contributed by atoms with E-state index in [0.29, 0.717) is 13.0 Å². The molecule has 0 aromatic carbocycles. The summed E-state index contributed by atoms with van der Waals surface area (Å²) in [5, 5.41) is 0. The second-order valence-electron chi connectivity index (χ2n) is 4.27. The van der Waals surface area contributed by atoms with Gasteiger partial charge in [-0.2, -0.15) is 0 Å². The van der Waals surface area contributed by atoms with Crippen LogP contribution in [-0.2, 0) is 9.53 Å². The molecule has 0 aromatic heterocycles. The molecule has 0 radical (unpaired) electrons. The molecule has 1 aliphatic heterocycles. The molecule has 0 N–H and O–H groups in total. The highest BCUT2D eigenvalue weighted by molar-refractivity contribution is 5.96. The van der Waals surface area contributed by atoms with Crippen molar-refractivity contribution in [1.82, 2.24) is 4.90 Å². The molecule has 1 saturated heterocycles. The highest BCUT2D eigenvalue weighted by Gasteiger charge is 2.30. The van der Waals surface area contributed by atoms with Crippen LogP contribution in [0.1, 0.15) is 20.3 Å². The predicted octanol–water partition coefficient (Wildman–Crippen LogP) is 1.20. The molecule has 13 heavy (non-hydrogen) atoms. The first kappa shape index (κ1) is 10.3. The van der Waals surface area contributed by atoms with E-state index in [2.05, 4.69) is 0 Å². The third kappa shape index (κ3) is 2.84. The molecular weight excluding hydrogens is 166 g/mol. The molecule has 1 fully saturated rings. The molecule has 0 atom stereocenters. The zero-order chi connectivity index (χ0) is 10.1. The van der Waals surface area contributed by atoms with Gasteiger partial charge in [0.25, 0.3) is 0 Å². The summed E-state index contributed by atoms with van der Waals surface area (Å²) in [5.74, 6) is 0.199. The van der Waals surface area contributed by atoms with Gasteiger partial charge in [-0.1, -0.05) is 0 Å². The van der Waals surface area contributed by atoms with Gasteiger partial charge in [0, 0.05) is 32.3 Å². The summed E-state index contributed by atoms with van der Waals surface area (Å²) in [4.78, 5) is 13.4. The van der Waals surface area contributed by atoms with Crippen molar-refractivity contribution in [3.8, 4) is 0 Å². The number of nitrogens with zero attached hydrogens (tertiary/aromatic N) is 1. The van der Waals surface area contributed by atoms with Gasteiger partial charge in [0.15, 0.2) is 5.78 Å². The molecule has 0 unspecified atom stereocenters. The van der Waals surface area contributed by atoms with Gasteiger partial charge in [0.05, 0.1) is 12.2 Å². The van der Waals surface area contributed by atoms with Crippen LogP contribution >= 0.6 is 0 Å². The lowest BCUT2D eigenvalue weighted by molar-refractivity contribution is -0.128. The Kier molecular flexibility index (Phi) is 2.76. The van der Waals surface area contributed by atoms with Crippen molar-refractivity contribution in [2.45, 2.75) is 25.9 Å². The normalized spacial score (nSPS) is 24.9. The first-order valence-corrected chi connectivity index (χ1v) is 4.45. The Labute approximate surface area is 79.4 Å². The molecule has 1 heterocycles. The lowest BCUT2D eigenvalue weighted by Crippen LogP contribution is -2.36. The molecule has 3 nitrogen and oxygen atoms in total. The van der Waals surface area contributed by atoms with Crippen LogP contribution < -0.4 is 0 Å². The van der Waals surface area contributed by atoms with E-state index < -0.39 is 0 Å². The smallest absolute Gasteiger partial charge is 0.165 e. The minimum absolute atomic E-state index is 0.199. The monoisotopic (exact) mass is 183 g/mol. The van der Waals surface area contributed by atoms with E-state index in [1.54, 1.807) is 0 Å². The van der Waals surface area contributed by atoms with Gasteiger partial charge in [-0.3, -0.25) is 4.79 Å². The van der Waals surface area contributed by atoms with Gasteiger partial charge in [-0.15, -0.1) is 0 Å². The third-order valence-electron chi connectivity index (χ3n) is 1.98. The van der Waals surface area contributed by atoms with E-state index in [1.807, 2.05) is 39.0 Å². The van der Waals surface area contributed by atoms with Crippen molar-refractivity contribution in [1.29, 1.82) is 0 Å². The largest absolute Gasteiger partial charge is 0.383 e. The summed E-state index contributed by atoms with van der Waals surface area (Å²) >= 11 is 0. The molecule has 1 rings (SSSR count). The average Bonchev–Trinajstić information content (AvgIpc) is 1.93. The molecule has 0 aromatic rings. The van der Waals surface area contributed by atoms with Gasteiger partial charge >= 0.3 is 0 Å². The molecular formula is C10H17NO2. The van der Waals surface area contributed by atoms with Crippen molar-refractivity contribution in [2.24, 2.45) is 0 Å². The van der Waals surface area contributed by atoms with Crippen LogP contribution in [0.25, 0.3) is 0 Å². The first-order valence-electron chi connectivity index (χ1n) is 4.45. The number of carbonyl (C=O) groups is 1. The molecule has 0 saturated carbocycles. The summed E-state index contributed by atoms with van der Waals surface area (Å²) in [7, 11) is 3.81. The maximum absolute atomic E-state index is 11.6. The van der Waals surface area contributed by atoms with Crippen LogP contribution in [0, 0.1) is 0 Å².